The molecule has 4 aliphatic carbocycles. The predicted octanol–water partition coefficient (Wildman–Crippen LogP) is 18.1. The van der Waals surface area contributed by atoms with Crippen molar-refractivity contribution in [2.24, 2.45) is 11.8 Å². The molecule has 74 heavy (non-hydrogen) atoms. The Morgan fingerprint density at radius 3 is 1.80 bits per heavy atom. The lowest BCUT2D eigenvalue weighted by molar-refractivity contribution is 0.149. The Hall–Kier alpha value is -6.88. The van der Waals surface area contributed by atoms with Gasteiger partial charge in [-0.1, -0.05) is 161 Å². The molecule has 4 heterocycles. The second-order valence-electron chi connectivity index (χ2n) is 23.9. The first-order valence-electron chi connectivity index (χ1n) is 28.3. The fraction of sp³-hybridized carbons (Fsp3) is 0.257. The second kappa shape index (κ2) is 15.8. The maximum atomic E-state index is 2.80. The van der Waals surface area contributed by atoms with Crippen molar-refractivity contribution in [1.82, 2.24) is 4.57 Å². The Kier molecular flexibility index (Phi) is 9.08. The van der Waals surface area contributed by atoms with E-state index in [2.05, 4.69) is 185 Å². The van der Waals surface area contributed by atoms with Gasteiger partial charge in [0, 0.05) is 53.6 Å². The van der Waals surface area contributed by atoms with E-state index in [1.165, 1.54) is 204 Å². The Morgan fingerprint density at radius 2 is 1.09 bits per heavy atom. The lowest BCUT2D eigenvalue weighted by atomic mass is 9.43. The van der Waals surface area contributed by atoms with Crippen LogP contribution in [0.2, 0.25) is 0 Å². The number of fused-ring (bicyclic) bond motifs is 16. The minimum atomic E-state index is -0.0442. The molecule has 9 aromatic carbocycles. The largest absolute Gasteiger partial charge is 0.376 e. The molecule has 0 spiro atoms. The number of rotatable bonds is 5. The Bertz CT molecular complexity index is 4110. The van der Waals surface area contributed by atoms with Crippen molar-refractivity contribution in [2.45, 2.75) is 101 Å². The molecule has 0 saturated heterocycles. The maximum Gasteiger partial charge on any atom is 0.333 e. The molecular weight excluding hydrogens is 912 g/mol. The molecule has 11 aromatic rings. The van der Waals surface area contributed by atoms with Gasteiger partial charge in [0.1, 0.15) is 0 Å². The van der Waals surface area contributed by atoms with E-state index in [0.717, 1.165) is 11.8 Å². The smallest absolute Gasteiger partial charge is 0.333 e. The van der Waals surface area contributed by atoms with E-state index in [-0.39, 0.29) is 12.3 Å². The highest BCUT2D eigenvalue weighted by atomic mass is 32.1. The molecule has 6 aliphatic rings. The van der Waals surface area contributed by atoms with E-state index in [9.17, 15) is 0 Å². The van der Waals surface area contributed by atoms with Crippen molar-refractivity contribution in [3.8, 4) is 39.1 Å². The van der Waals surface area contributed by atoms with Crippen LogP contribution in [0, 0.1) is 11.8 Å². The average molecular weight is 971 g/mol. The molecule has 0 N–H and O–H groups in total. The average Bonchev–Trinajstić information content (AvgIpc) is 4.12. The maximum absolute atomic E-state index is 2.80. The van der Waals surface area contributed by atoms with E-state index < -0.39 is 0 Å². The van der Waals surface area contributed by atoms with Crippen LogP contribution < -0.4 is 15.7 Å². The fourth-order valence-electron chi connectivity index (χ4n) is 16.9. The fourth-order valence-corrected chi connectivity index (χ4v) is 18.0. The summed E-state index contributed by atoms with van der Waals surface area (Å²) in [4.78, 5) is 2.80. The third-order valence-electron chi connectivity index (χ3n) is 20.1. The van der Waals surface area contributed by atoms with E-state index >= 15 is 0 Å². The van der Waals surface area contributed by atoms with Crippen LogP contribution in [-0.4, -0.2) is 11.4 Å². The molecule has 0 radical (unpaired) electrons. The number of thiophene rings is 1. The van der Waals surface area contributed by atoms with Crippen LogP contribution in [0.4, 0.5) is 11.4 Å². The van der Waals surface area contributed by atoms with Crippen LogP contribution in [0.25, 0.3) is 91.8 Å². The van der Waals surface area contributed by atoms with E-state index in [1.54, 1.807) is 11.1 Å². The van der Waals surface area contributed by atoms with Crippen LogP contribution in [0.5, 0.6) is 0 Å². The molecule has 4 saturated carbocycles. The van der Waals surface area contributed by atoms with Crippen LogP contribution in [0.1, 0.15) is 101 Å². The molecule has 0 atom stereocenters. The third kappa shape index (κ3) is 6.07. The van der Waals surface area contributed by atoms with Gasteiger partial charge < -0.3 is 9.38 Å². The van der Waals surface area contributed by atoms with E-state index in [0.29, 0.717) is 5.41 Å². The molecule has 0 amide bonds. The summed E-state index contributed by atoms with van der Waals surface area (Å²) in [6.07, 6.45) is 19.1. The van der Waals surface area contributed by atoms with Crippen molar-refractivity contribution in [2.75, 3.05) is 4.81 Å². The van der Waals surface area contributed by atoms with Gasteiger partial charge in [-0.3, -0.25) is 0 Å². The monoisotopic (exact) mass is 970 g/mol. The van der Waals surface area contributed by atoms with E-state index in [4.69, 9.17) is 0 Å². The zero-order valence-corrected chi connectivity index (χ0v) is 43.0. The SMILES string of the molecule is c1ccc(-c2ccc(N3B4c5c(cc(-c6ccccc6)cc5-n5c6ccc(C78CCCC(CCC7)C8)cc6c6cc(C78CCCC(CCC7)C8)cc4c65)-c4c3ccc3sc5cc6ccccc6cc5c43)cc2)cc1. The van der Waals surface area contributed by atoms with Crippen molar-refractivity contribution in [3.05, 3.63) is 187 Å². The molecule has 17 rings (SSSR count). The molecule has 4 fully saturated rings. The molecule has 4 bridgehead atoms. The number of anilines is 2. The van der Waals surface area contributed by atoms with Gasteiger partial charge in [0.05, 0.1) is 11.0 Å². The summed E-state index contributed by atoms with van der Waals surface area (Å²) in [5, 5.41) is 8.27. The van der Waals surface area contributed by atoms with Gasteiger partial charge in [-0.15, -0.1) is 11.3 Å². The minimum absolute atomic E-state index is 0.0442. The first kappa shape index (κ1) is 42.5. The standard InChI is InChI=1S/C70H59BN2S/c1-3-17-46(18-4-1)48-23-26-54(27-24-48)73-61-29-30-63-66(57-35-49-21-7-8-22-50(49)38-64(57)74-63)65(61)58-36-51(47-19-5-2-6-20-47)37-62-67(58)71(73)59-41-53(70-33-11-15-45(43-70)16-12-34-70)40-56-55-39-52(25-28-60(55)72(62)68(56)59)69-31-9-13-44(42-69)14-10-32-69/h1-8,17-30,35-41,44-45H,9-16,31-34,42-43H2. The summed E-state index contributed by atoms with van der Waals surface area (Å²) in [6.45, 7) is -0.0442. The lowest BCUT2D eigenvalue weighted by Gasteiger charge is -2.47. The van der Waals surface area contributed by atoms with Crippen LogP contribution >= 0.6 is 11.3 Å². The van der Waals surface area contributed by atoms with Gasteiger partial charge in [-0.25, -0.2) is 0 Å². The number of hydrogen-bond acceptors (Lipinski definition) is 2. The first-order chi connectivity index (χ1) is 36.6. The molecule has 4 heteroatoms. The summed E-state index contributed by atoms with van der Waals surface area (Å²) in [6, 6.07) is 69.3. The lowest BCUT2D eigenvalue weighted by Crippen LogP contribution is -2.61. The number of nitrogens with zero attached hydrogens (tertiary/aromatic N) is 2. The minimum Gasteiger partial charge on any atom is -0.376 e. The zero-order chi connectivity index (χ0) is 48.3. The highest BCUT2D eigenvalue weighted by Gasteiger charge is 2.48. The topological polar surface area (TPSA) is 8.17 Å². The van der Waals surface area contributed by atoms with Crippen LogP contribution in [-0.2, 0) is 10.8 Å². The third-order valence-corrected chi connectivity index (χ3v) is 21.3. The van der Waals surface area contributed by atoms with Gasteiger partial charge >= 0.3 is 6.85 Å². The van der Waals surface area contributed by atoms with Crippen molar-refractivity contribution in [3.63, 3.8) is 0 Å². The van der Waals surface area contributed by atoms with Gasteiger partial charge in [0.15, 0.2) is 0 Å². The van der Waals surface area contributed by atoms with Gasteiger partial charge in [0.2, 0.25) is 0 Å². The zero-order valence-electron chi connectivity index (χ0n) is 42.2. The van der Waals surface area contributed by atoms with Crippen LogP contribution in [0.3, 0.4) is 0 Å². The number of benzene rings is 9. The number of aromatic nitrogens is 1. The first-order valence-corrected chi connectivity index (χ1v) is 29.1. The molecular formula is C70H59BN2S. The molecule has 2 nitrogen and oxygen atoms in total. The Balaban J connectivity index is 1.01. The normalized spacial score (nSPS) is 22.7. The quantitative estimate of drug-likeness (QED) is 0.156. The van der Waals surface area contributed by atoms with Crippen LogP contribution in [0.15, 0.2) is 176 Å². The summed E-state index contributed by atoms with van der Waals surface area (Å²) >= 11 is 1.95. The van der Waals surface area contributed by atoms with Gasteiger partial charge in [-0.2, -0.15) is 0 Å². The van der Waals surface area contributed by atoms with E-state index in [1.807, 2.05) is 11.3 Å². The second-order valence-corrected chi connectivity index (χ2v) is 25.0. The van der Waals surface area contributed by atoms with Gasteiger partial charge in [-0.05, 0) is 189 Å². The summed E-state index contributed by atoms with van der Waals surface area (Å²) in [7, 11) is 0. The summed E-state index contributed by atoms with van der Waals surface area (Å²) in [5.41, 5.74) is 21.1. The molecule has 358 valence electrons. The van der Waals surface area contributed by atoms with Crippen molar-refractivity contribution >= 4 is 93.2 Å². The Morgan fingerprint density at radius 1 is 0.473 bits per heavy atom. The van der Waals surface area contributed by atoms with Crippen molar-refractivity contribution < 1.29 is 0 Å². The predicted molar refractivity (Wildman–Crippen MR) is 316 cm³/mol. The highest BCUT2D eigenvalue weighted by molar-refractivity contribution is 7.26. The van der Waals surface area contributed by atoms with Gasteiger partial charge in [0.25, 0.3) is 0 Å². The van der Waals surface area contributed by atoms with Crippen molar-refractivity contribution in [1.29, 1.82) is 0 Å². The Labute approximate surface area is 438 Å². The molecule has 0 unspecified atom stereocenters. The molecule has 2 aromatic heterocycles. The molecule has 2 aliphatic heterocycles. The number of hydrogen-bond donors (Lipinski definition) is 0. The summed E-state index contributed by atoms with van der Waals surface area (Å²) in [5.74, 6) is 1.72. The summed E-state index contributed by atoms with van der Waals surface area (Å²) < 4.78 is 5.48. The highest BCUT2D eigenvalue weighted by Crippen LogP contribution is 2.56.